The van der Waals surface area contributed by atoms with Crippen molar-refractivity contribution in [3.05, 3.63) is 0 Å². The quantitative estimate of drug-likeness (QED) is 0.723. The summed E-state index contributed by atoms with van der Waals surface area (Å²) >= 11 is 0. The molecule has 5 heteroatoms. The average molecular weight is 269 g/mol. The van der Waals surface area contributed by atoms with Gasteiger partial charge < -0.3 is 21.1 Å². The minimum absolute atomic E-state index is 0.109. The van der Waals surface area contributed by atoms with Crippen LogP contribution < -0.4 is 16.4 Å². The van der Waals surface area contributed by atoms with Crippen LogP contribution >= 0.6 is 0 Å². The van der Waals surface area contributed by atoms with Gasteiger partial charge in [-0.2, -0.15) is 0 Å². The first-order chi connectivity index (χ1) is 8.78. The normalized spacial score (nSPS) is 29.1. The predicted octanol–water partition coefficient (Wildman–Crippen LogP) is 1.51. The molecule has 0 aromatic carbocycles. The number of nitrogens with two attached hydrogens (primary N) is 1. The fourth-order valence-electron chi connectivity index (χ4n) is 2.64. The summed E-state index contributed by atoms with van der Waals surface area (Å²) in [6, 6.07) is 0.876. The van der Waals surface area contributed by atoms with E-state index in [1.807, 2.05) is 20.8 Å². The standard InChI is InChI=1S/C14H27N3O2/c1-13(2,3)19-12(18)17-14(5-4-6-14)9-16-11-7-10(15)8-11/h10-11,16H,4-9,15H2,1-3H3,(H,17,18). The van der Waals surface area contributed by atoms with Crippen molar-refractivity contribution in [3.8, 4) is 0 Å². The Labute approximate surface area is 115 Å². The summed E-state index contributed by atoms with van der Waals surface area (Å²) < 4.78 is 5.34. The van der Waals surface area contributed by atoms with E-state index in [2.05, 4.69) is 10.6 Å². The molecule has 2 saturated carbocycles. The number of carbonyl (C=O) groups excluding carboxylic acids is 1. The van der Waals surface area contributed by atoms with Crippen molar-refractivity contribution < 1.29 is 9.53 Å². The van der Waals surface area contributed by atoms with Gasteiger partial charge in [0.15, 0.2) is 0 Å². The first-order valence-corrected chi connectivity index (χ1v) is 7.28. The lowest BCUT2D eigenvalue weighted by atomic mass is 9.76. The van der Waals surface area contributed by atoms with Crippen LogP contribution in [0.1, 0.15) is 52.9 Å². The van der Waals surface area contributed by atoms with E-state index >= 15 is 0 Å². The molecule has 110 valence electrons. The minimum Gasteiger partial charge on any atom is -0.444 e. The fourth-order valence-corrected chi connectivity index (χ4v) is 2.64. The van der Waals surface area contributed by atoms with E-state index < -0.39 is 5.60 Å². The van der Waals surface area contributed by atoms with Gasteiger partial charge in [-0.05, 0) is 52.9 Å². The summed E-state index contributed by atoms with van der Waals surface area (Å²) in [5, 5.41) is 6.56. The van der Waals surface area contributed by atoms with Gasteiger partial charge in [-0.3, -0.25) is 0 Å². The van der Waals surface area contributed by atoms with Gasteiger partial charge in [0.2, 0.25) is 0 Å². The molecule has 0 aliphatic heterocycles. The lowest BCUT2D eigenvalue weighted by Gasteiger charge is -2.45. The topological polar surface area (TPSA) is 76.4 Å². The molecule has 0 bridgehead atoms. The summed E-state index contributed by atoms with van der Waals surface area (Å²) in [5.41, 5.74) is 5.22. The molecule has 1 amide bonds. The first kappa shape index (κ1) is 14.6. The molecular weight excluding hydrogens is 242 g/mol. The summed E-state index contributed by atoms with van der Waals surface area (Å²) in [6.07, 6.45) is 5.00. The molecular formula is C14H27N3O2. The number of carbonyl (C=O) groups is 1. The second-order valence-electron chi connectivity index (χ2n) is 7.07. The lowest BCUT2D eigenvalue weighted by molar-refractivity contribution is 0.0373. The van der Waals surface area contributed by atoms with Gasteiger partial charge in [-0.25, -0.2) is 4.79 Å². The molecule has 2 aliphatic rings. The molecule has 0 unspecified atom stereocenters. The zero-order valence-electron chi connectivity index (χ0n) is 12.3. The Hall–Kier alpha value is -0.810. The van der Waals surface area contributed by atoms with Crippen molar-refractivity contribution in [2.75, 3.05) is 6.54 Å². The van der Waals surface area contributed by atoms with Gasteiger partial charge >= 0.3 is 6.09 Å². The summed E-state index contributed by atoms with van der Waals surface area (Å²) in [5.74, 6) is 0. The maximum absolute atomic E-state index is 11.9. The maximum atomic E-state index is 11.9. The van der Waals surface area contributed by atoms with Gasteiger partial charge in [0.25, 0.3) is 0 Å². The van der Waals surface area contributed by atoms with Crippen LogP contribution in [-0.2, 0) is 4.74 Å². The number of hydrogen-bond donors (Lipinski definition) is 3. The van der Waals surface area contributed by atoms with Crippen LogP contribution in [-0.4, -0.2) is 35.9 Å². The Balaban J connectivity index is 1.76. The number of hydrogen-bond acceptors (Lipinski definition) is 4. The molecule has 0 saturated heterocycles. The highest BCUT2D eigenvalue weighted by Crippen LogP contribution is 2.32. The SMILES string of the molecule is CC(C)(C)OC(=O)NC1(CNC2CC(N)C2)CCC1. The van der Waals surface area contributed by atoms with Crippen molar-refractivity contribution in [1.82, 2.24) is 10.6 Å². The highest BCUT2D eigenvalue weighted by molar-refractivity contribution is 5.69. The highest BCUT2D eigenvalue weighted by Gasteiger charge is 2.40. The Kier molecular flexibility index (Phi) is 4.06. The molecule has 19 heavy (non-hydrogen) atoms. The van der Waals surface area contributed by atoms with E-state index in [0.717, 1.165) is 32.2 Å². The van der Waals surface area contributed by atoms with Crippen LogP contribution in [0.4, 0.5) is 4.79 Å². The van der Waals surface area contributed by atoms with Crippen LogP contribution in [0.3, 0.4) is 0 Å². The largest absolute Gasteiger partial charge is 0.444 e. The zero-order valence-corrected chi connectivity index (χ0v) is 12.3. The predicted molar refractivity (Wildman–Crippen MR) is 75.0 cm³/mol. The Morgan fingerprint density at radius 3 is 2.42 bits per heavy atom. The second kappa shape index (κ2) is 5.29. The Morgan fingerprint density at radius 1 is 1.37 bits per heavy atom. The van der Waals surface area contributed by atoms with E-state index in [1.165, 1.54) is 6.42 Å². The number of alkyl carbamates (subject to hydrolysis) is 1. The number of amides is 1. The molecule has 0 radical (unpaired) electrons. The van der Waals surface area contributed by atoms with E-state index in [0.29, 0.717) is 12.1 Å². The number of nitrogens with one attached hydrogen (secondary N) is 2. The lowest BCUT2D eigenvalue weighted by Crippen LogP contribution is -2.62. The Bertz CT molecular complexity index is 328. The van der Waals surface area contributed by atoms with E-state index in [-0.39, 0.29) is 11.6 Å². The first-order valence-electron chi connectivity index (χ1n) is 7.28. The van der Waals surface area contributed by atoms with Gasteiger partial charge in [-0.1, -0.05) is 0 Å². The molecule has 0 aromatic heterocycles. The molecule has 0 spiro atoms. The van der Waals surface area contributed by atoms with Crippen molar-refractivity contribution in [2.45, 2.75) is 76.1 Å². The molecule has 0 aromatic rings. The van der Waals surface area contributed by atoms with E-state index in [4.69, 9.17) is 10.5 Å². The molecule has 5 nitrogen and oxygen atoms in total. The maximum Gasteiger partial charge on any atom is 0.408 e. The number of rotatable bonds is 4. The van der Waals surface area contributed by atoms with Crippen LogP contribution in [0.2, 0.25) is 0 Å². The van der Waals surface area contributed by atoms with Crippen molar-refractivity contribution in [1.29, 1.82) is 0 Å². The fraction of sp³-hybridized carbons (Fsp3) is 0.929. The third kappa shape index (κ3) is 4.08. The van der Waals surface area contributed by atoms with Crippen molar-refractivity contribution >= 4 is 6.09 Å². The van der Waals surface area contributed by atoms with Crippen molar-refractivity contribution in [3.63, 3.8) is 0 Å². The minimum atomic E-state index is -0.441. The van der Waals surface area contributed by atoms with Crippen LogP contribution in [0.15, 0.2) is 0 Å². The van der Waals surface area contributed by atoms with Crippen molar-refractivity contribution in [2.24, 2.45) is 5.73 Å². The summed E-state index contributed by atoms with van der Waals surface area (Å²) in [7, 11) is 0. The van der Waals surface area contributed by atoms with Crippen LogP contribution in [0.25, 0.3) is 0 Å². The second-order valence-corrected chi connectivity index (χ2v) is 7.07. The smallest absolute Gasteiger partial charge is 0.408 e. The monoisotopic (exact) mass is 269 g/mol. The molecule has 2 rings (SSSR count). The number of ether oxygens (including phenoxy) is 1. The van der Waals surface area contributed by atoms with Gasteiger partial charge in [-0.15, -0.1) is 0 Å². The van der Waals surface area contributed by atoms with E-state index in [9.17, 15) is 4.79 Å². The zero-order chi connectivity index (χ0) is 14.1. The third-order valence-electron chi connectivity index (χ3n) is 3.98. The molecule has 0 heterocycles. The molecule has 2 fully saturated rings. The third-order valence-corrected chi connectivity index (χ3v) is 3.98. The summed E-state index contributed by atoms with van der Waals surface area (Å²) in [6.45, 7) is 6.47. The summed E-state index contributed by atoms with van der Waals surface area (Å²) in [4.78, 5) is 11.9. The van der Waals surface area contributed by atoms with Crippen LogP contribution in [0.5, 0.6) is 0 Å². The molecule has 2 aliphatic carbocycles. The molecule has 0 atom stereocenters. The van der Waals surface area contributed by atoms with Gasteiger partial charge in [0.1, 0.15) is 5.60 Å². The van der Waals surface area contributed by atoms with E-state index in [1.54, 1.807) is 0 Å². The van der Waals surface area contributed by atoms with Gasteiger partial charge in [0.05, 0.1) is 5.54 Å². The highest BCUT2D eigenvalue weighted by atomic mass is 16.6. The van der Waals surface area contributed by atoms with Crippen LogP contribution in [0, 0.1) is 0 Å². The average Bonchev–Trinajstić information content (AvgIpc) is 2.15. The van der Waals surface area contributed by atoms with Gasteiger partial charge in [0, 0.05) is 18.6 Å². The molecule has 4 N–H and O–H groups in total. The Morgan fingerprint density at radius 2 is 2.00 bits per heavy atom.